The lowest BCUT2D eigenvalue weighted by Crippen LogP contribution is -2.38. The molecule has 0 aromatic heterocycles. The molecular formula is C13H16F2N2O4. The molecule has 116 valence electrons. The molecule has 0 aliphatic heterocycles. The first-order valence-electron chi connectivity index (χ1n) is 6.11. The second-order valence-corrected chi connectivity index (χ2v) is 3.93. The Kier molecular flexibility index (Phi) is 7.10. The van der Waals surface area contributed by atoms with E-state index in [9.17, 15) is 18.4 Å². The van der Waals surface area contributed by atoms with Gasteiger partial charge in [-0.25, -0.2) is 0 Å². The van der Waals surface area contributed by atoms with Crippen LogP contribution >= 0.6 is 0 Å². The van der Waals surface area contributed by atoms with Gasteiger partial charge in [0.25, 0.3) is 5.91 Å². The van der Waals surface area contributed by atoms with Gasteiger partial charge in [-0.05, 0) is 24.3 Å². The van der Waals surface area contributed by atoms with E-state index in [1.165, 1.54) is 31.4 Å². The Hall–Kier alpha value is -2.22. The molecule has 8 heteroatoms. The van der Waals surface area contributed by atoms with E-state index in [1.807, 2.05) is 0 Å². The monoisotopic (exact) mass is 302 g/mol. The van der Waals surface area contributed by atoms with Crippen LogP contribution in [0.3, 0.4) is 0 Å². The Balaban J connectivity index is 2.39. The molecule has 21 heavy (non-hydrogen) atoms. The normalized spacial score (nSPS) is 10.3. The van der Waals surface area contributed by atoms with Crippen molar-refractivity contribution in [2.75, 3.05) is 26.8 Å². The highest BCUT2D eigenvalue weighted by atomic mass is 19.3. The molecule has 1 aromatic carbocycles. The first-order chi connectivity index (χ1) is 10.0. The lowest BCUT2D eigenvalue weighted by atomic mass is 10.2. The Bertz CT molecular complexity index is 466. The molecule has 1 rings (SSSR count). The average Bonchev–Trinajstić information content (AvgIpc) is 2.45. The van der Waals surface area contributed by atoms with Crippen molar-refractivity contribution in [2.24, 2.45) is 0 Å². The Morgan fingerprint density at radius 3 is 2.43 bits per heavy atom. The van der Waals surface area contributed by atoms with Gasteiger partial charge in [0.2, 0.25) is 5.91 Å². The van der Waals surface area contributed by atoms with Crippen LogP contribution < -0.4 is 15.4 Å². The Morgan fingerprint density at radius 2 is 1.86 bits per heavy atom. The standard InChI is InChI=1S/C13H16F2N2O4/c1-20-7-6-16-11(18)8-17-12(19)9-2-4-10(5-3-9)21-13(14)15/h2-5,13H,6-8H2,1H3,(H,16,18)(H,17,19). The number of ether oxygens (including phenoxy) is 2. The molecular weight excluding hydrogens is 286 g/mol. The minimum atomic E-state index is -2.92. The molecule has 0 bridgehead atoms. The maximum Gasteiger partial charge on any atom is 0.387 e. The lowest BCUT2D eigenvalue weighted by molar-refractivity contribution is -0.120. The van der Waals surface area contributed by atoms with E-state index in [2.05, 4.69) is 15.4 Å². The van der Waals surface area contributed by atoms with Crippen LogP contribution in [0.2, 0.25) is 0 Å². The molecule has 0 atom stereocenters. The fraction of sp³-hybridized carbons (Fsp3) is 0.385. The molecule has 0 saturated heterocycles. The number of halogens is 2. The number of amides is 2. The molecule has 0 spiro atoms. The maximum absolute atomic E-state index is 12.0. The third-order valence-electron chi connectivity index (χ3n) is 2.38. The summed E-state index contributed by atoms with van der Waals surface area (Å²) in [6.07, 6.45) is 0. The molecule has 0 aliphatic rings. The van der Waals surface area contributed by atoms with Crippen molar-refractivity contribution >= 4 is 11.8 Å². The lowest BCUT2D eigenvalue weighted by Gasteiger charge is -2.07. The van der Waals surface area contributed by atoms with Gasteiger partial charge in [0.05, 0.1) is 13.2 Å². The van der Waals surface area contributed by atoms with Crippen molar-refractivity contribution in [1.82, 2.24) is 10.6 Å². The number of methoxy groups -OCH3 is 1. The molecule has 0 unspecified atom stereocenters. The minimum Gasteiger partial charge on any atom is -0.435 e. The Labute approximate surface area is 120 Å². The second kappa shape index (κ2) is 8.85. The van der Waals surface area contributed by atoms with Gasteiger partial charge >= 0.3 is 6.61 Å². The minimum absolute atomic E-state index is 0.0427. The van der Waals surface area contributed by atoms with E-state index in [0.29, 0.717) is 13.2 Å². The molecule has 1 aromatic rings. The molecule has 0 saturated carbocycles. The quantitative estimate of drug-likeness (QED) is 0.696. The van der Waals surface area contributed by atoms with Gasteiger partial charge in [-0.3, -0.25) is 9.59 Å². The molecule has 0 radical (unpaired) electrons. The summed E-state index contributed by atoms with van der Waals surface area (Å²) in [6, 6.07) is 5.16. The van der Waals surface area contributed by atoms with E-state index >= 15 is 0 Å². The van der Waals surface area contributed by atoms with E-state index < -0.39 is 12.5 Å². The number of carbonyl (C=O) groups excluding carboxylic acids is 2. The van der Waals surface area contributed by atoms with Crippen molar-refractivity contribution < 1.29 is 27.8 Å². The highest BCUT2D eigenvalue weighted by Gasteiger charge is 2.09. The number of benzene rings is 1. The van der Waals surface area contributed by atoms with Crippen LogP contribution in [0.5, 0.6) is 5.75 Å². The summed E-state index contributed by atoms with van der Waals surface area (Å²) >= 11 is 0. The SMILES string of the molecule is COCCNC(=O)CNC(=O)c1ccc(OC(F)F)cc1. The summed E-state index contributed by atoms with van der Waals surface area (Å²) in [5, 5.41) is 4.94. The molecule has 0 heterocycles. The van der Waals surface area contributed by atoms with Crippen molar-refractivity contribution in [2.45, 2.75) is 6.61 Å². The largest absolute Gasteiger partial charge is 0.435 e. The van der Waals surface area contributed by atoms with Gasteiger partial charge in [0.15, 0.2) is 0 Å². The summed E-state index contributed by atoms with van der Waals surface area (Å²) in [5.41, 5.74) is 0.237. The van der Waals surface area contributed by atoms with Gasteiger partial charge in [0, 0.05) is 19.2 Å². The van der Waals surface area contributed by atoms with Crippen molar-refractivity contribution in [3.8, 4) is 5.75 Å². The zero-order chi connectivity index (χ0) is 15.7. The summed E-state index contributed by atoms with van der Waals surface area (Å²) < 4.78 is 32.8. The molecule has 2 amide bonds. The van der Waals surface area contributed by atoms with Crippen molar-refractivity contribution in [3.63, 3.8) is 0 Å². The fourth-order valence-corrected chi connectivity index (χ4v) is 1.41. The molecule has 0 aliphatic carbocycles. The maximum atomic E-state index is 12.0. The predicted molar refractivity (Wildman–Crippen MR) is 70.3 cm³/mol. The zero-order valence-corrected chi connectivity index (χ0v) is 11.4. The van der Waals surface area contributed by atoms with E-state index in [0.717, 1.165) is 0 Å². The third-order valence-corrected chi connectivity index (χ3v) is 2.38. The Morgan fingerprint density at radius 1 is 1.19 bits per heavy atom. The third kappa shape index (κ3) is 6.66. The summed E-state index contributed by atoms with van der Waals surface area (Å²) in [7, 11) is 1.51. The zero-order valence-electron chi connectivity index (χ0n) is 11.4. The van der Waals surface area contributed by atoms with Crippen LogP contribution in [0.1, 0.15) is 10.4 Å². The number of alkyl halides is 2. The summed E-state index contributed by atoms with van der Waals surface area (Å²) in [5.74, 6) is -0.877. The topological polar surface area (TPSA) is 76.7 Å². The highest BCUT2D eigenvalue weighted by Crippen LogP contribution is 2.14. The van der Waals surface area contributed by atoms with Crippen LogP contribution in [-0.2, 0) is 9.53 Å². The number of hydrogen-bond donors (Lipinski definition) is 2. The average molecular weight is 302 g/mol. The van der Waals surface area contributed by atoms with Gasteiger partial charge in [-0.15, -0.1) is 0 Å². The highest BCUT2D eigenvalue weighted by molar-refractivity contribution is 5.96. The predicted octanol–water partition coefficient (Wildman–Crippen LogP) is 0.780. The van der Waals surface area contributed by atoms with Crippen molar-refractivity contribution in [1.29, 1.82) is 0 Å². The van der Waals surface area contributed by atoms with Crippen LogP contribution in [0, 0.1) is 0 Å². The molecule has 6 nitrogen and oxygen atoms in total. The van der Waals surface area contributed by atoms with Crippen LogP contribution in [0.25, 0.3) is 0 Å². The van der Waals surface area contributed by atoms with Gasteiger partial charge in [-0.1, -0.05) is 0 Å². The van der Waals surface area contributed by atoms with Crippen LogP contribution in [0.4, 0.5) is 8.78 Å². The first kappa shape index (κ1) is 16.8. The first-order valence-corrected chi connectivity index (χ1v) is 6.11. The fourth-order valence-electron chi connectivity index (χ4n) is 1.41. The van der Waals surface area contributed by atoms with Gasteiger partial charge in [-0.2, -0.15) is 8.78 Å². The van der Waals surface area contributed by atoms with Crippen molar-refractivity contribution in [3.05, 3.63) is 29.8 Å². The van der Waals surface area contributed by atoms with E-state index in [1.54, 1.807) is 0 Å². The number of nitrogens with one attached hydrogen (secondary N) is 2. The van der Waals surface area contributed by atoms with Crippen LogP contribution in [0.15, 0.2) is 24.3 Å². The summed E-state index contributed by atoms with van der Waals surface area (Å²) in [4.78, 5) is 23.1. The molecule has 2 N–H and O–H groups in total. The number of rotatable bonds is 8. The smallest absolute Gasteiger partial charge is 0.387 e. The summed E-state index contributed by atoms with van der Waals surface area (Å²) in [6.45, 7) is -2.37. The van der Waals surface area contributed by atoms with Crippen LogP contribution in [-0.4, -0.2) is 45.2 Å². The molecule has 0 fully saturated rings. The van der Waals surface area contributed by atoms with Gasteiger partial charge < -0.3 is 20.1 Å². The van der Waals surface area contributed by atoms with Gasteiger partial charge in [0.1, 0.15) is 5.75 Å². The van der Waals surface area contributed by atoms with E-state index in [4.69, 9.17) is 4.74 Å². The van der Waals surface area contributed by atoms with E-state index in [-0.39, 0.29) is 23.8 Å². The number of hydrogen-bond acceptors (Lipinski definition) is 4. The number of carbonyl (C=O) groups is 2. The second-order valence-electron chi connectivity index (χ2n) is 3.93.